The molecule has 24 heavy (non-hydrogen) atoms. The van der Waals surface area contributed by atoms with Crippen LogP contribution < -0.4 is 14.2 Å². The second kappa shape index (κ2) is 7.04. The van der Waals surface area contributed by atoms with Crippen molar-refractivity contribution in [1.82, 2.24) is 4.98 Å². The molecule has 0 radical (unpaired) electrons. The number of rotatable bonds is 5. The maximum Gasteiger partial charge on any atom is 0.164 e. The molecule has 3 rings (SSSR count). The predicted molar refractivity (Wildman–Crippen MR) is 96.8 cm³/mol. The van der Waals surface area contributed by atoms with Crippen molar-refractivity contribution in [1.29, 1.82) is 0 Å². The number of pyridine rings is 1. The Morgan fingerprint density at radius 2 is 1.42 bits per heavy atom. The van der Waals surface area contributed by atoms with E-state index in [2.05, 4.69) is 11.1 Å². The third kappa shape index (κ3) is 3.04. The molecule has 0 bridgehead atoms. The maximum absolute atomic E-state index is 5.46. The van der Waals surface area contributed by atoms with Crippen molar-refractivity contribution in [3.63, 3.8) is 0 Å². The molecule has 0 aliphatic carbocycles. The molecule has 2 aromatic carbocycles. The molecule has 1 heterocycles. The number of hydrogen-bond acceptors (Lipinski definition) is 4. The minimum atomic E-state index is 0.640. The molecule has 0 aliphatic heterocycles. The Hall–Kier alpha value is -3.01. The van der Waals surface area contributed by atoms with Crippen LogP contribution in [0.3, 0.4) is 0 Å². The van der Waals surface area contributed by atoms with E-state index in [0.29, 0.717) is 11.5 Å². The molecular formula is C20H19NO3. The molecular weight excluding hydrogens is 302 g/mol. The fraction of sp³-hybridized carbons (Fsp3) is 0.150. The lowest BCUT2D eigenvalue weighted by Gasteiger charge is -2.12. The maximum atomic E-state index is 5.46. The molecule has 3 aromatic rings. The Morgan fingerprint density at radius 3 is 2.17 bits per heavy atom. The number of hydrogen-bond donors (Lipinski definition) is 0. The van der Waals surface area contributed by atoms with Gasteiger partial charge in [-0.1, -0.05) is 30.4 Å². The van der Waals surface area contributed by atoms with Crippen LogP contribution in [0.2, 0.25) is 0 Å². The van der Waals surface area contributed by atoms with Gasteiger partial charge in [-0.3, -0.25) is 4.98 Å². The van der Waals surface area contributed by atoms with Gasteiger partial charge >= 0.3 is 0 Å². The zero-order valence-electron chi connectivity index (χ0n) is 13.9. The van der Waals surface area contributed by atoms with Gasteiger partial charge in [-0.2, -0.15) is 0 Å². The number of ether oxygens (including phenoxy) is 3. The van der Waals surface area contributed by atoms with Crippen LogP contribution in [0, 0.1) is 0 Å². The number of nitrogens with zero attached hydrogens (tertiary/aromatic N) is 1. The molecule has 4 heteroatoms. The first kappa shape index (κ1) is 15.9. The van der Waals surface area contributed by atoms with Crippen LogP contribution in [-0.2, 0) is 0 Å². The zero-order valence-corrected chi connectivity index (χ0v) is 13.9. The summed E-state index contributed by atoms with van der Waals surface area (Å²) in [5.41, 5.74) is 2.98. The van der Waals surface area contributed by atoms with Crippen molar-refractivity contribution in [3.8, 4) is 17.2 Å². The number of para-hydroxylation sites is 1. The van der Waals surface area contributed by atoms with Gasteiger partial charge in [0.1, 0.15) is 5.75 Å². The molecule has 0 spiro atoms. The lowest BCUT2D eigenvalue weighted by atomic mass is 10.1. The molecule has 0 saturated heterocycles. The van der Waals surface area contributed by atoms with E-state index in [9.17, 15) is 0 Å². The highest BCUT2D eigenvalue weighted by Gasteiger charge is 2.10. The van der Waals surface area contributed by atoms with Gasteiger partial charge in [0, 0.05) is 23.2 Å². The summed E-state index contributed by atoms with van der Waals surface area (Å²) in [6.07, 6.45) is 5.87. The fourth-order valence-corrected chi connectivity index (χ4v) is 2.63. The van der Waals surface area contributed by atoms with E-state index in [1.165, 1.54) is 0 Å². The van der Waals surface area contributed by atoms with Crippen molar-refractivity contribution in [2.75, 3.05) is 21.3 Å². The van der Waals surface area contributed by atoms with Crippen LogP contribution in [0.25, 0.3) is 23.1 Å². The van der Waals surface area contributed by atoms with Crippen molar-refractivity contribution < 1.29 is 14.2 Å². The molecule has 0 fully saturated rings. The van der Waals surface area contributed by atoms with E-state index in [-0.39, 0.29) is 0 Å². The van der Waals surface area contributed by atoms with E-state index in [4.69, 9.17) is 14.2 Å². The normalized spacial score (nSPS) is 11.0. The van der Waals surface area contributed by atoms with Gasteiger partial charge in [0.2, 0.25) is 0 Å². The highest BCUT2D eigenvalue weighted by Crippen LogP contribution is 2.35. The largest absolute Gasteiger partial charge is 0.496 e. The van der Waals surface area contributed by atoms with Crippen LogP contribution in [0.4, 0.5) is 0 Å². The molecule has 0 N–H and O–H groups in total. The van der Waals surface area contributed by atoms with E-state index in [1.807, 2.05) is 54.7 Å². The fourth-order valence-electron chi connectivity index (χ4n) is 2.63. The van der Waals surface area contributed by atoms with E-state index >= 15 is 0 Å². The average Bonchev–Trinajstić information content (AvgIpc) is 2.65. The van der Waals surface area contributed by atoms with Crippen LogP contribution in [0.1, 0.15) is 11.1 Å². The Labute approximate surface area is 141 Å². The van der Waals surface area contributed by atoms with Gasteiger partial charge in [0.15, 0.2) is 11.5 Å². The quantitative estimate of drug-likeness (QED) is 0.697. The number of fused-ring (bicyclic) bond motifs is 1. The smallest absolute Gasteiger partial charge is 0.164 e. The van der Waals surface area contributed by atoms with Crippen molar-refractivity contribution >= 4 is 23.1 Å². The van der Waals surface area contributed by atoms with Crippen LogP contribution in [-0.4, -0.2) is 26.3 Å². The number of benzene rings is 2. The first-order chi connectivity index (χ1) is 11.8. The summed E-state index contributed by atoms with van der Waals surface area (Å²) in [5, 5.41) is 1.11. The van der Waals surface area contributed by atoms with Crippen molar-refractivity contribution in [2.24, 2.45) is 0 Å². The summed E-state index contributed by atoms with van der Waals surface area (Å²) in [7, 11) is 4.87. The number of methoxy groups -OCH3 is 3. The molecule has 0 aliphatic rings. The monoisotopic (exact) mass is 321 g/mol. The summed E-state index contributed by atoms with van der Waals surface area (Å²) in [6, 6.07) is 13.8. The molecule has 0 amide bonds. The molecule has 4 nitrogen and oxygen atoms in total. The predicted octanol–water partition coefficient (Wildman–Crippen LogP) is 4.43. The second-order valence-electron chi connectivity index (χ2n) is 5.20. The van der Waals surface area contributed by atoms with Crippen molar-refractivity contribution in [2.45, 2.75) is 0 Å². The van der Waals surface area contributed by atoms with Crippen molar-refractivity contribution in [3.05, 3.63) is 59.8 Å². The highest BCUT2D eigenvalue weighted by atomic mass is 16.5. The summed E-state index contributed by atoms with van der Waals surface area (Å²) in [5.74, 6) is 2.03. The van der Waals surface area contributed by atoms with Crippen LogP contribution in [0.5, 0.6) is 17.2 Å². The van der Waals surface area contributed by atoms with Gasteiger partial charge in [-0.05, 0) is 23.8 Å². The van der Waals surface area contributed by atoms with E-state index in [0.717, 1.165) is 27.8 Å². The molecule has 0 saturated carbocycles. The third-order valence-corrected chi connectivity index (χ3v) is 3.86. The average molecular weight is 321 g/mol. The topological polar surface area (TPSA) is 40.6 Å². The van der Waals surface area contributed by atoms with Gasteiger partial charge in [0.05, 0.1) is 26.8 Å². The number of aromatic nitrogens is 1. The minimum Gasteiger partial charge on any atom is -0.496 e. The Bertz CT molecular complexity index is 882. The third-order valence-electron chi connectivity index (χ3n) is 3.86. The Morgan fingerprint density at radius 1 is 0.750 bits per heavy atom. The lowest BCUT2D eigenvalue weighted by Crippen LogP contribution is -1.94. The Balaban J connectivity index is 2.05. The Kier molecular flexibility index (Phi) is 4.66. The summed E-state index contributed by atoms with van der Waals surface area (Å²) in [6.45, 7) is 0. The van der Waals surface area contributed by atoms with E-state index < -0.39 is 0 Å². The lowest BCUT2D eigenvalue weighted by molar-refractivity contribution is 0.348. The second-order valence-corrected chi connectivity index (χ2v) is 5.20. The van der Waals surface area contributed by atoms with Gasteiger partial charge in [-0.25, -0.2) is 0 Å². The van der Waals surface area contributed by atoms with Crippen LogP contribution in [0.15, 0.2) is 48.7 Å². The van der Waals surface area contributed by atoms with Gasteiger partial charge in [-0.15, -0.1) is 0 Å². The first-order valence-electron chi connectivity index (χ1n) is 7.58. The molecule has 0 unspecified atom stereocenters. The molecule has 0 atom stereocenters. The highest BCUT2D eigenvalue weighted by molar-refractivity contribution is 5.90. The summed E-state index contributed by atoms with van der Waals surface area (Å²) >= 11 is 0. The zero-order chi connectivity index (χ0) is 16.9. The van der Waals surface area contributed by atoms with Gasteiger partial charge < -0.3 is 14.2 Å². The first-order valence-corrected chi connectivity index (χ1v) is 7.58. The van der Waals surface area contributed by atoms with Gasteiger partial charge in [0.25, 0.3) is 0 Å². The van der Waals surface area contributed by atoms with E-state index in [1.54, 1.807) is 21.3 Å². The summed E-state index contributed by atoms with van der Waals surface area (Å²) in [4.78, 5) is 4.39. The summed E-state index contributed by atoms with van der Waals surface area (Å²) < 4.78 is 16.2. The molecule has 122 valence electrons. The minimum absolute atomic E-state index is 0.640. The SMILES string of the molecule is COc1cc(OC)c(OC)cc1/C=C/c1ccnc2ccccc12. The van der Waals surface area contributed by atoms with Crippen LogP contribution >= 0.6 is 0 Å². The standard InChI is InChI=1S/C20H19NO3/c1-22-18-13-20(24-3)19(23-2)12-15(18)9-8-14-10-11-21-17-7-5-4-6-16(14)17/h4-13H,1-3H3/b9-8+. The molecule has 1 aromatic heterocycles.